The highest BCUT2D eigenvalue weighted by Crippen LogP contribution is 2.26. The number of nitrogens with one attached hydrogen (secondary N) is 1. The van der Waals surface area contributed by atoms with Crippen molar-refractivity contribution in [3.8, 4) is 0 Å². The van der Waals surface area contributed by atoms with Gasteiger partial charge in [-0.05, 0) is 31.8 Å². The summed E-state index contributed by atoms with van der Waals surface area (Å²) in [7, 11) is 4.11. The molecule has 0 bridgehead atoms. The maximum Gasteiger partial charge on any atom is 0.317 e. The highest BCUT2D eigenvalue weighted by molar-refractivity contribution is 8.13. The van der Waals surface area contributed by atoms with Gasteiger partial charge in [0.2, 0.25) is 0 Å². The van der Waals surface area contributed by atoms with Crippen LogP contribution in [0.3, 0.4) is 0 Å². The van der Waals surface area contributed by atoms with E-state index >= 15 is 0 Å². The Hall–Kier alpha value is -0.750. The van der Waals surface area contributed by atoms with E-state index in [0.29, 0.717) is 18.8 Å². The standard InChI is InChI=1S/C20H39N3O2S/c1-17(24)26-14-13-23(12-11-18-9-7-6-8-10-18)19(25)21-15-20(2,3)16-22(4)5/h18H,6-16H2,1-5H3,(H,21,25). The quantitative estimate of drug-likeness (QED) is 0.621. The summed E-state index contributed by atoms with van der Waals surface area (Å²) in [5, 5.41) is 3.24. The Morgan fingerprint density at radius 3 is 2.35 bits per heavy atom. The number of nitrogens with zero attached hydrogens (tertiary/aromatic N) is 2. The van der Waals surface area contributed by atoms with E-state index in [0.717, 1.165) is 25.4 Å². The molecular formula is C20H39N3O2S. The summed E-state index contributed by atoms with van der Waals surface area (Å²) in [5.74, 6) is 1.43. The molecule has 1 saturated carbocycles. The van der Waals surface area contributed by atoms with E-state index in [4.69, 9.17) is 0 Å². The summed E-state index contributed by atoms with van der Waals surface area (Å²) < 4.78 is 0. The van der Waals surface area contributed by atoms with Crippen molar-refractivity contribution in [1.82, 2.24) is 15.1 Å². The summed E-state index contributed by atoms with van der Waals surface area (Å²) in [5.41, 5.74) is 0.0301. The van der Waals surface area contributed by atoms with Crippen molar-refractivity contribution in [1.29, 1.82) is 0 Å². The van der Waals surface area contributed by atoms with Gasteiger partial charge in [0.15, 0.2) is 5.12 Å². The van der Waals surface area contributed by atoms with E-state index < -0.39 is 0 Å². The molecule has 0 aromatic rings. The Kier molecular flexibility index (Phi) is 10.6. The van der Waals surface area contributed by atoms with Crippen molar-refractivity contribution < 1.29 is 9.59 Å². The Bertz CT molecular complexity index is 435. The van der Waals surface area contributed by atoms with E-state index in [1.807, 2.05) is 4.90 Å². The molecule has 1 rings (SSSR count). The van der Waals surface area contributed by atoms with Crippen molar-refractivity contribution in [3.63, 3.8) is 0 Å². The van der Waals surface area contributed by atoms with Gasteiger partial charge in [0, 0.05) is 38.9 Å². The lowest BCUT2D eigenvalue weighted by atomic mass is 9.87. The van der Waals surface area contributed by atoms with Crippen LogP contribution in [-0.4, -0.2) is 67.0 Å². The lowest BCUT2D eigenvalue weighted by molar-refractivity contribution is -0.109. The first-order chi connectivity index (χ1) is 12.2. The Labute approximate surface area is 164 Å². The maximum absolute atomic E-state index is 12.7. The fourth-order valence-corrected chi connectivity index (χ4v) is 4.37. The van der Waals surface area contributed by atoms with Crippen molar-refractivity contribution >= 4 is 22.9 Å². The van der Waals surface area contributed by atoms with Gasteiger partial charge < -0.3 is 15.1 Å². The molecule has 0 saturated heterocycles. The van der Waals surface area contributed by atoms with Crippen LogP contribution in [0.4, 0.5) is 4.79 Å². The summed E-state index contributed by atoms with van der Waals surface area (Å²) >= 11 is 1.30. The van der Waals surface area contributed by atoms with Crippen LogP contribution in [0, 0.1) is 11.3 Å². The van der Waals surface area contributed by atoms with Gasteiger partial charge in [0.1, 0.15) is 0 Å². The zero-order valence-electron chi connectivity index (χ0n) is 17.5. The van der Waals surface area contributed by atoms with Crippen molar-refractivity contribution in [2.45, 2.75) is 59.3 Å². The van der Waals surface area contributed by atoms with Gasteiger partial charge in [-0.2, -0.15) is 0 Å². The normalized spacial score (nSPS) is 15.9. The summed E-state index contributed by atoms with van der Waals surface area (Å²) in [4.78, 5) is 28.0. The first kappa shape index (κ1) is 23.3. The minimum Gasteiger partial charge on any atom is -0.337 e. The Balaban J connectivity index is 2.51. The van der Waals surface area contributed by atoms with Crippen LogP contribution in [0.5, 0.6) is 0 Å². The SMILES string of the molecule is CC(=O)SCCN(CCC1CCCCC1)C(=O)NCC(C)(C)CN(C)C. The van der Waals surface area contributed by atoms with Crippen LogP contribution in [-0.2, 0) is 4.79 Å². The van der Waals surface area contributed by atoms with Crippen LogP contribution in [0.2, 0.25) is 0 Å². The van der Waals surface area contributed by atoms with E-state index in [1.54, 1.807) is 6.92 Å². The number of carbonyl (C=O) groups excluding carboxylic acids is 2. The predicted octanol–water partition coefficient (Wildman–Crippen LogP) is 3.84. The van der Waals surface area contributed by atoms with Gasteiger partial charge in [0.05, 0.1) is 0 Å². The highest BCUT2D eigenvalue weighted by atomic mass is 32.2. The van der Waals surface area contributed by atoms with Gasteiger partial charge in [-0.15, -0.1) is 0 Å². The molecule has 1 fully saturated rings. The minimum absolute atomic E-state index is 0.0109. The van der Waals surface area contributed by atoms with Gasteiger partial charge in [-0.3, -0.25) is 4.79 Å². The third kappa shape index (κ3) is 10.4. The van der Waals surface area contributed by atoms with Crippen molar-refractivity contribution in [2.75, 3.05) is 46.0 Å². The van der Waals surface area contributed by atoms with Gasteiger partial charge in [-0.25, -0.2) is 4.79 Å². The summed E-state index contributed by atoms with van der Waals surface area (Å²) in [6, 6.07) is 0.0109. The van der Waals surface area contributed by atoms with Crippen LogP contribution < -0.4 is 5.32 Å². The molecule has 1 aliphatic carbocycles. The molecule has 6 heteroatoms. The van der Waals surface area contributed by atoms with E-state index in [1.165, 1.54) is 43.9 Å². The molecule has 1 aliphatic rings. The molecule has 26 heavy (non-hydrogen) atoms. The Morgan fingerprint density at radius 1 is 1.12 bits per heavy atom. The second kappa shape index (κ2) is 11.9. The molecular weight excluding hydrogens is 346 g/mol. The van der Waals surface area contributed by atoms with E-state index in [9.17, 15) is 9.59 Å². The first-order valence-corrected chi connectivity index (χ1v) is 11.0. The van der Waals surface area contributed by atoms with E-state index in [-0.39, 0.29) is 16.6 Å². The average Bonchev–Trinajstić information content (AvgIpc) is 2.55. The number of amides is 2. The largest absolute Gasteiger partial charge is 0.337 e. The van der Waals surface area contributed by atoms with Gasteiger partial charge in [0.25, 0.3) is 0 Å². The second-order valence-electron chi connectivity index (χ2n) is 8.68. The van der Waals surface area contributed by atoms with Crippen LogP contribution in [0.25, 0.3) is 0 Å². The van der Waals surface area contributed by atoms with Crippen LogP contribution in [0.15, 0.2) is 0 Å². The van der Waals surface area contributed by atoms with Gasteiger partial charge >= 0.3 is 6.03 Å². The maximum atomic E-state index is 12.7. The van der Waals surface area contributed by atoms with Crippen molar-refractivity contribution in [2.24, 2.45) is 11.3 Å². The molecule has 152 valence electrons. The fourth-order valence-electron chi connectivity index (χ4n) is 3.77. The lowest BCUT2D eigenvalue weighted by Crippen LogP contribution is -2.47. The van der Waals surface area contributed by atoms with Crippen LogP contribution >= 0.6 is 11.8 Å². The summed E-state index contributed by atoms with van der Waals surface area (Å²) in [6.45, 7) is 8.94. The smallest absolute Gasteiger partial charge is 0.317 e. The topological polar surface area (TPSA) is 52.7 Å². The molecule has 0 spiro atoms. The fraction of sp³-hybridized carbons (Fsp3) is 0.900. The van der Waals surface area contributed by atoms with Crippen LogP contribution in [0.1, 0.15) is 59.3 Å². The minimum atomic E-state index is 0.0109. The zero-order chi connectivity index (χ0) is 19.6. The molecule has 1 N–H and O–H groups in total. The third-order valence-electron chi connectivity index (χ3n) is 4.95. The predicted molar refractivity (Wildman–Crippen MR) is 112 cm³/mol. The van der Waals surface area contributed by atoms with Crippen molar-refractivity contribution in [3.05, 3.63) is 0 Å². The molecule has 2 amide bonds. The number of urea groups is 1. The molecule has 5 nitrogen and oxygen atoms in total. The number of thioether (sulfide) groups is 1. The number of carbonyl (C=O) groups is 2. The molecule has 0 aromatic heterocycles. The molecule has 0 aromatic carbocycles. The molecule has 0 radical (unpaired) electrons. The van der Waals surface area contributed by atoms with E-state index in [2.05, 4.69) is 38.2 Å². The zero-order valence-corrected chi connectivity index (χ0v) is 18.3. The molecule has 0 unspecified atom stereocenters. The molecule has 0 aliphatic heterocycles. The monoisotopic (exact) mass is 385 g/mol. The highest BCUT2D eigenvalue weighted by Gasteiger charge is 2.23. The number of rotatable bonds is 10. The second-order valence-corrected chi connectivity index (χ2v) is 9.95. The summed E-state index contributed by atoms with van der Waals surface area (Å²) in [6.07, 6.45) is 7.70. The lowest BCUT2D eigenvalue weighted by Gasteiger charge is -2.31. The number of hydrogen-bond donors (Lipinski definition) is 1. The molecule has 0 atom stereocenters. The Morgan fingerprint density at radius 2 is 1.77 bits per heavy atom. The first-order valence-electron chi connectivity index (χ1n) is 10.0. The number of hydrogen-bond acceptors (Lipinski definition) is 4. The average molecular weight is 386 g/mol. The molecule has 0 heterocycles. The van der Waals surface area contributed by atoms with Gasteiger partial charge in [-0.1, -0.05) is 57.7 Å². The third-order valence-corrected chi connectivity index (χ3v) is 5.74.